The fourth-order valence-corrected chi connectivity index (χ4v) is 4.46. The molecule has 0 saturated carbocycles. The summed E-state index contributed by atoms with van der Waals surface area (Å²) < 4.78 is 3.14. The van der Waals surface area contributed by atoms with E-state index in [1.165, 1.54) is 0 Å². The van der Waals surface area contributed by atoms with Gasteiger partial charge in [-0.15, -0.1) is 0 Å². The Hall–Kier alpha value is -1.88. The highest BCUT2D eigenvalue weighted by atomic mass is 79.9. The zero-order chi connectivity index (χ0) is 21.7. The average Bonchev–Trinajstić information content (AvgIpc) is 2.71. The molecule has 1 amide bonds. The maximum Gasteiger partial charge on any atom is 0.261 e. The molecule has 0 aliphatic heterocycles. The van der Waals surface area contributed by atoms with Crippen LogP contribution < -0.4 is 10.7 Å². The van der Waals surface area contributed by atoms with Crippen LogP contribution in [0, 0.1) is 13.8 Å². The quantitative estimate of drug-likeness (QED) is 0.527. The minimum Gasteiger partial charge on any atom is -0.348 e. The van der Waals surface area contributed by atoms with Crippen molar-refractivity contribution in [3.63, 3.8) is 0 Å². The van der Waals surface area contributed by atoms with Crippen LogP contribution in [0.2, 0.25) is 0 Å². The Bertz CT molecular complexity index is 935. The molecule has 0 spiro atoms. The van der Waals surface area contributed by atoms with Crippen molar-refractivity contribution in [1.29, 1.82) is 0 Å². The van der Waals surface area contributed by atoms with Crippen molar-refractivity contribution in [3.8, 4) is 0 Å². The number of unbranched alkanes of at least 4 members (excludes halogenated alkanes) is 1. The second-order valence-electron chi connectivity index (χ2n) is 7.47. The molecule has 5 heteroatoms. The summed E-state index contributed by atoms with van der Waals surface area (Å²) in [6.45, 7) is 12.9. The smallest absolute Gasteiger partial charge is 0.261 e. The van der Waals surface area contributed by atoms with E-state index in [0.29, 0.717) is 11.1 Å². The van der Waals surface area contributed by atoms with Gasteiger partial charge in [-0.1, -0.05) is 43.1 Å². The highest BCUT2D eigenvalue weighted by Gasteiger charge is 2.23. The number of aryl methyl sites for hydroxylation is 2. The number of halogens is 1. The minimum absolute atomic E-state index is 0.149. The van der Waals surface area contributed by atoms with Gasteiger partial charge in [0.05, 0.1) is 0 Å². The fraction of sp³-hybridized carbons (Fsp3) is 0.500. The molecule has 0 bridgehead atoms. The van der Waals surface area contributed by atoms with Gasteiger partial charge in [0.25, 0.3) is 5.91 Å². The maximum absolute atomic E-state index is 13.4. The average molecular weight is 461 g/mol. The van der Waals surface area contributed by atoms with Gasteiger partial charge in [-0.05, 0) is 69.7 Å². The first-order valence-electron chi connectivity index (χ1n) is 10.7. The van der Waals surface area contributed by atoms with Crippen LogP contribution >= 0.6 is 15.9 Å². The normalized spacial score (nSPS) is 11.0. The topological polar surface area (TPSA) is 51.1 Å². The second kappa shape index (κ2) is 10.2. The van der Waals surface area contributed by atoms with Crippen LogP contribution in [0.4, 0.5) is 5.69 Å². The van der Waals surface area contributed by atoms with Crippen LogP contribution in [-0.2, 0) is 25.8 Å². The number of amides is 1. The molecular formula is C24H33BrN2O2. The van der Waals surface area contributed by atoms with Crippen LogP contribution in [0.3, 0.4) is 0 Å². The first-order chi connectivity index (χ1) is 13.8. The van der Waals surface area contributed by atoms with Crippen molar-refractivity contribution < 1.29 is 4.79 Å². The zero-order valence-corrected chi connectivity index (χ0v) is 20.1. The predicted octanol–water partition coefficient (Wildman–Crippen LogP) is 5.97. The van der Waals surface area contributed by atoms with Crippen molar-refractivity contribution >= 4 is 27.5 Å². The van der Waals surface area contributed by atoms with E-state index in [0.717, 1.165) is 71.3 Å². The summed E-state index contributed by atoms with van der Waals surface area (Å²) in [6, 6.07) is 4.08. The third-order valence-corrected chi connectivity index (χ3v) is 6.16. The number of hydrogen-bond acceptors (Lipinski definition) is 2. The SMILES string of the molecule is CCCCc1c(C(=O)Nc2c(CC)cc(Br)cc2CC)c(=O)c(C)c(C)n1CC. The first kappa shape index (κ1) is 23.4. The van der Waals surface area contributed by atoms with Gasteiger partial charge in [0.2, 0.25) is 0 Å². The van der Waals surface area contributed by atoms with Gasteiger partial charge >= 0.3 is 0 Å². The van der Waals surface area contributed by atoms with Crippen LogP contribution in [0.25, 0.3) is 0 Å². The third kappa shape index (κ3) is 4.82. The molecule has 2 aromatic rings. The summed E-state index contributed by atoms with van der Waals surface area (Å²) in [5, 5.41) is 3.11. The Morgan fingerprint density at radius 3 is 2.14 bits per heavy atom. The molecule has 158 valence electrons. The monoisotopic (exact) mass is 460 g/mol. The number of hydrogen-bond donors (Lipinski definition) is 1. The zero-order valence-electron chi connectivity index (χ0n) is 18.5. The summed E-state index contributed by atoms with van der Waals surface area (Å²) in [4.78, 5) is 26.6. The number of aromatic nitrogens is 1. The number of benzene rings is 1. The lowest BCUT2D eigenvalue weighted by Gasteiger charge is -2.22. The lowest BCUT2D eigenvalue weighted by molar-refractivity contribution is 0.102. The third-order valence-electron chi connectivity index (χ3n) is 5.71. The van der Waals surface area contributed by atoms with E-state index in [1.54, 1.807) is 0 Å². The van der Waals surface area contributed by atoms with E-state index in [4.69, 9.17) is 0 Å². The number of rotatable bonds is 8. The highest BCUT2D eigenvalue weighted by molar-refractivity contribution is 9.10. The number of anilines is 1. The molecule has 0 saturated heterocycles. The van der Waals surface area contributed by atoms with Gasteiger partial charge in [0, 0.05) is 33.7 Å². The molecule has 0 fully saturated rings. The van der Waals surface area contributed by atoms with E-state index >= 15 is 0 Å². The van der Waals surface area contributed by atoms with E-state index in [2.05, 4.69) is 53.5 Å². The number of carbonyl (C=O) groups is 1. The van der Waals surface area contributed by atoms with E-state index in [1.807, 2.05) is 26.0 Å². The molecule has 0 aliphatic carbocycles. The van der Waals surface area contributed by atoms with Gasteiger partial charge in [0.15, 0.2) is 5.43 Å². The van der Waals surface area contributed by atoms with E-state index < -0.39 is 0 Å². The van der Waals surface area contributed by atoms with Gasteiger partial charge in [-0.3, -0.25) is 9.59 Å². The van der Waals surface area contributed by atoms with Gasteiger partial charge < -0.3 is 9.88 Å². The fourth-order valence-electron chi connectivity index (χ4n) is 3.91. The molecule has 0 aliphatic rings. The summed E-state index contributed by atoms with van der Waals surface area (Å²) in [5.41, 5.74) is 5.59. The standard InChI is InChI=1S/C24H33BrN2O2/c1-7-11-12-20-21(23(28)15(5)16(6)27(20)10-4)24(29)26-22-17(8-2)13-19(25)14-18(22)9-3/h13-14H,7-12H2,1-6H3,(H,26,29). The molecule has 0 radical (unpaired) electrons. The molecule has 1 heterocycles. The number of pyridine rings is 1. The van der Waals surface area contributed by atoms with Crippen molar-refractivity contribution in [2.75, 3.05) is 5.32 Å². The highest BCUT2D eigenvalue weighted by Crippen LogP contribution is 2.28. The van der Waals surface area contributed by atoms with Gasteiger partial charge in [-0.2, -0.15) is 0 Å². The minimum atomic E-state index is -0.293. The lowest BCUT2D eigenvalue weighted by Crippen LogP contribution is -2.31. The Kier molecular flexibility index (Phi) is 8.26. The van der Waals surface area contributed by atoms with Gasteiger partial charge in [-0.25, -0.2) is 0 Å². The lowest BCUT2D eigenvalue weighted by atomic mass is 10.00. The predicted molar refractivity (Wildman–Crippen MR) is 125 cm³/mol. The van der Waals surface area contributed by atoms with Crippen LogP contribution in [0.15, 0.2) is 21.4 Å². The van der Waals surface area contributed by atoms with Gasteiger partial charge in [0.1, 0.15) is 5.56 Å². The van der Waals surface area contributed by atoms with Crippen LogP contribution in [0.5, 0.6) is 0 Å². The largest absolute Gasteiger partial charge is 0.348 e. The maximum atomic E-state index is 13.4. The summed E-state index contributed by atoms with van der Waals surface area (Å²) >= 11 is 3.56. The molecule has 0 atom stereocenters. The number of nitrogens with one attached hydrogen (secondary N) is 1. The Balaban J connectivity index is 2.65. The van der Waals surface area contributed by atoms with E-state index in [9.17, 15) is 9.59 Å². The Morgan fingerprint density at radius 2 is 1.66 bits per heavy atom. The molecule has 29 heavy (non-hydrogen) atoms. The van der Waals surface area contributed by atoms with E-state index in [-0.39, 0.29) is 11.3 Å². The van der Waals surface area contributed by atoms with Crippen LogP contribution in [-0.4, -0.2) is 10.5 Å². The molecule has 1 aromatic carbocycles. The number of nitrogens with zero attached hydrogens (tertiary/aromatic N) is 1. The molecule has 4 nitrogen and oxygen atoms in total. The summed E-state index contributed by atoms with van der Waals surface area (Å²) in [6.07, 6.45) is 4.29. The Labute approximate surface area is 182 Å². The van der Waals surface area contributed by atoms with Crippen molar-refractivity contribution in [2.24, 2.45) is 0 Å². The summed E-state index contributed by atoms with van der Waals surface area (Å²) in [5.74, 6) is -0.293. The molecule has 0 unspecified atom stereocenters. The number of carbonyl (C=O) groups excluding carboxylic acids is 1. The Morgan fingerprint density at radius 1 is 1.07 bits per heavy atom. The molecule has 1 N–H and O–H groups in total. The van der Waals surface area contributed by atoms with Crippen molar-refractivity contribution in [2.45, 2.75) is 80.2 Å². The second-order valence-corrected chi connectivity index (χ2v) is 8.38. The van der Waals surface area contributed by atoms with Crippen molar-refractivity contribution in [3.05, 3.63) is 60.5 Å². The molecule has 1 aromatic heterocycles. The molecular weight excluding hydrogens is 428 g/mol. The first-order valence-corrected chi connectivity index (χ1v) is 11.4. The summed E-state index contributed by atoms with van der Waals surface area (Å²) in [7, 11) is 0. The molecule has 2 rings (SSSR count). The van der Waals surface area contributed by atoms with Crippen molar-refractivity contribution in [1.82, 2.24) is 4.57 Å². The van der Waals surface area contributed by atoms with Crippen LogP contribution in [0.1, 0.15) is 79.0 Å².